The van der Waals surface area contributed by atoms with Crippen LogP contribution in [0.3, 0.4) is 0 Å². The molecular formula is C23H35FN2O4S. The third kappa shape index (κ3) is 5.12. The minimum atomic E-state index is -1.32. The lowest BCUT2D eigenvalue weighted by Crippen LogP contribution is -2.51. The van der Waals surface area contributed by atoms with Gasteiger partial charge in [0.05, 0.1) is 13.2 Å². The fourth-order valence-electron chi connectivity index (χ4n) is 4.40. The summed E-state index contributed by atoms with van der Waals surface area (Å²) in [4.78, 5) is 14.3. The molecule has 1 fully saturated rings. The molecule has 2 aliphatic rings. The Labute approximate surface area is 188 Å². The molecule has 0 radical (unpaired) electrons. The summed E-state index contributed by atoms with van der Waals surface area (Å²) in [5.41, 5.74) is 1.05. The zero-order valence-electron chi connectivity index (χ0n) is 19.6. The van der Waals surface area contributed by atoms with Crippen molar-refractivity contribution in [2.24, 2.45) is 5.41 Å². The fraction of sp³-hybridized carbons (Fsp3) is 0.696. The smallest absolute Gasteiger partial charge is 0.410 e. The molecule has 1 unspecified atom stereocenters. The van der Waals surface area contributed by atoms with Gasteiger partial charge in [-0.05, 0) is 84.1 Å². The van der Waals surface area contributed by atoms with Gasteiger partial charge in [-0.1, -0.05) is 0 Å². The molecule has 0 saturated carbocycles. The number of benzene rings is 1. The summed E-state index contributed by atoms with van der Waals surface area (Å²) >= 11 is -1.32. The van der Waals surface area contributed by atoms with Gasteiger partial charge in [-0.3, -0.25) is 0 Å². The van der Waals surface area contributed by atoms with Crippen molar-refractivity contribution < 1.29 is 23.2 Å². The van der Waals surface area contributed by atoms with Gasteiger partial charge in [0.1, 0.15) is 10.3 Å². The summed E-state index contributed by atoms with van der Waals surface area (Å²) in [5, 5.41) is 0. The monoisotopic (exact) mass is 454 g/mol. The largest absolute Gasteiger partial charge is 0.598 e. The number of fused-ring (bicyclic) bond motifs is 1. The van der Waals surface area contributed by atoms with Crippen molar-refractivity contribution in [2.75, 3.05) is 20.2 Å². The summed E-state index contributed by atoms with van der Waals surface area (Å²) in [6.45, 7) is 12.4. The van der Waals surface area contributed by atoms with Crippen molar-refractivity contribution in [2.45, 2.75) is 77.2 Å². The Balaban J connectivity index is 1.87. The van der Waals surface area contributed by atoms with E-state index in [-0.39, 0.29) is 23.3 Å². The third-order valence-corrected chi connectivity index (χ3v) is 7.63. The number of nitrogens with zero attached hydrogens (tertiary/aromatic N) is 1. The first-order chi connectivity index (χ1) is 14.3. The zero-order valence-corrected chi connectivity index (χ0v) is 20.5. The number of halogens is 1. The number of rotatable bonds is 3. The Bertz CT molecular complexity index is 826. The molecule has 174 valence electrons. The van der Waals surface area contributed by atoms with Gasteiger partial charge < -0.3 is 18.9 Å². The van der Waals surface area contributed by atoms with Crippen LogP contribution in [0.2, 0.25) is 0 Å². The Morgan fingerprint density at radius 3 is 2.35 bits per heavy atom. The molecule has 1 amide bonds. The van der Waals surface area contributed by atoms with Gasteiger partial charge in [0.15, 0.2) is 11.6 Å². The average molecular weight is 455 g/mol. The van der Waals surface area contributed by atoms with Gasteiger partial charge in [-0.2, -0.15) is 0 Å². The number of methoxy groups -OCH3 is 1. The second-order valence-electron chi connectivity index (χ2n) is 10.6. The lowest BCUT2D eigenvalue weighted by atomic mass is 9.73. The van der Waals surface area contributed by atoms with Crippen LogP contribution in [-0.4, -0.2) is 46.1 Å². The van der Waals surface area contributed by atoms with E-state index < -0.39 is 27.5 Å². The molecule has 1 aliphatic carbocycles. The molecule has 0 bridgehead atoms. The van der Waals surface area contributed by atoms with Crippen LogP contribution in [0.5, 0.6) is 5.75 Å². The van der Waals surface area contributed by atoms with Crippen molar-refractivity contribution in [3.63, 3.8) is 0 Å². The normalized spacial score (nSPS) is 21.7. The van der Waals surface area contributed by atoms with Crippen LogP contribution in [0.4, 0.5) is 9.18 Å². The quantitative estimate of drug-likeness (QED) is 0.681. The number of piperidine rings is 1. The first-order valence-corrected chi connectivity index (χ1v) is 11.9. The second-order valence-corrected chi connectivity index (χ2v) is 12.6. The molecule has 6 nitrogen and oxygen atoms in total. The number of likely N-dealkylation sites (tertiary alicyclic amines) is 1. The second kappa shape index (κ2) is 8.45. The Hall–Kier alpha value is -1.51. The molecular weight excluding hydrogens is 419 g/mol. The highest BCUT2D eigenvalue weighted by Gasteiger charge is 2.51. The topological polar surface area (TPSA) is 73.9 Å². The fourth-order valence-corrected chi connectivity index (χ4v) is 5.34. The maximum absolute atomic E-state index is 14.6. The van der Waals surface area contributed by atoms with Gasteiger partial charge in [-0.25, -0.2) is 9.18 Å². The molecule has 1 N–H and O–H groups in total. The molecule has 3 rings (SSSR count). The van der Waals surface area contributed by atoms with E-state index >= 15 is 0 Å². The van der Waals surface area contributed by atoms with Gasteiger partial charge in [0.2, 0.25) is 0 Å². The van der Waals surface area contributed by atoms with Crippen molar-refractivity contribution in [3.05, 3.63) is 29.1 Å². The SMILES string of the molecule is COc1cc2c(cc1F)[C@@H](N[S+]([O-])C(C)(C)C)C1(CCN(C(=O)OC(C)(C)C)CC1)C2. The van der Waals surface area contributed by atoms with Crippen LogP contribution in [0.1, 0.15) is 71.6 Å². The summed E-state index contributed by atoms with van der Waals surface area (Å²) in [6.07, 6.45) is 1.83. The van der Waals surface area contributed by atoms with Gasteiger partial charge >= 0.3 is 6.09 Å². The van der Waals surface area contributed by atoms with E-state index in [0.29, 0.717) is 25.9 Å². The third-order valence-electron chi connectivity index (χ3n) is 6.07. The van der Waals surface area contributed by atoms with Crippen LogP contribution in [0.25, 0.3) is 0 Å². The highest BCUT2D eigenvalue weighted by molar-refractivity contribution is 7.90. The molecule has 8 heteroatoms. The van der Waals surface area contributed by atoms with Crippen molar-refractivity contribution in [1.29, 1.82) is 0 Å². The standard InChI is InChI=1S/C23H35FN2O4S/c1-21(2,3)30-20(27)26-10-8-23(9-11-26)14-15-12-18(29-7)17(24)13-16(15)19(23)25-31(28)22(4,5)6/h12-13,19,25H,8-11,14H2,1-7H3/t19-,31?/m1/s1. The van der Waals surface area contributed by atoms with E-state index in [0.717, 1.165) is 17.5 Å². The summed E-state index contributed by atoms with van der Waals surface area (Å²) in [5.74, 6) is -0.199. The Morgan fingerprint density at radius 1 is 1.23 bits per heavy atom. The minimum Gasteiger partial charge on any atom is -0.598 e. The van der Waals surface area contributed by atoms with E-state index in [2.05, 4.69) is 4.72 Å². The molecule has 1 heterocycles. The van der Waals surface area contributed by atoms with Gasteiger partial charge in [0.25, 0.3) is 0 Å². The average Bonchev–Trinajstić information content (AvgIpc) is 2.91. The summed E-state index contributed by atoms with van der Waals surface area (Å²) < 4.78 is 41.1. The molecule has 2 atom stereocenters. The number of hydrogen-bond donors (Lipinski definition) is 1. The number of nitrogens with one attached hydrogen (secondary N) is 1. The molecule has 1 aromatic carbocycles. The van der Waals surface area contributed by atoms with Crippen LogP contribution in [0, 0.1) is 11.2 Å². The Kier molecular flexibility index (Phi) is 6.58. The summed E-state index contributed by atoms with van der Waals surface area (Å²) in [6, 6.07) is 3.01. The maximum atomic E-state index is 14.6. The van der Waals surface area contributed by atoms with Crippen LogP contribution < -0.4 is 9.46 Å². The molecule has 1 aliphatic heterocycles. The first-order valence-electron chi connectivity index (χ1n) is 10.8. The zero-order chi connectivity index (χ0) is 23.2. The lowest BCUT2D eigenvalue weighted by Gasteiger charge is -2.43. The molecule has 1 aromatic rings. The van der Waals surface area contributed by atoms with Crippen molar-refractivity contribution >= 4 is 17.5 Å². The van der Waals surface area contributed by atoms with Crippen LogP contribution in [0.15, 0.2) is 12.1 Å². The van der Waals surface area contributed by atoms with E-state index in [1.165, 1.54) is 13.2 Å². The van der Waals surface area contributed by atoms with E-state index in [9.17, 15) is 13.7 Å². The predicted molar refractivity (Wildman–Crippen MR) is 120 cm³/mol. The lowest BCUT2D eigenvalue weighted by molar-refractivity contribution is 0.00716. The van der Waals surface area contributed by atoms with Crippen LogP contribution >= 0.6 is 0 Å². The van der Waals surface area contributed by atoms with Crippen molar-refractivity contribution in [1.82, 2.24) is 9.62 Å². The van der Waals surface area contributed by atoms with Crippen LogP contribution in [-0.2, 0) is 22.5 Å². The molecule has 0 aromatic heterocycles. The van der Waals surface area contributed by atoms with Crippen molar-refractivity contribution in [3.8, 4) is 5.75 Å². The molecule has 31 heavy (non-hydrogen) atoms. The number of carbonyl (C=O) groups is 1. The molecule has 1 saturated heterocycles. The highest BCUT2D eigenvalue weighted by Crippen LogP contribution is 2.53. The number of carbonyl (C=O) groups excluding carboxylic acids is 1. The Morgan fingerprint density at radius 2 is 1.84 bits per heavy atom. The summed E-state index contributed by atoms with van der Waals surface area (Å²) in [7, 11) is 1.46. The van der Waals surface area contributed by atoms with E-state index in [4.69, 9.17) is 9.47 Å². The number of ether oxygens (including phenoxy) is 2. The first kappa shape index (κ1) is 24.1. The van der Waals surface area contributed by atoms with E-state index in [1.54, 1.807) is 11.0 Å². The predicted octanol–water partition coefficient (Wildman–Crippen LogP) is 4.50. The highest BCUT2D eigenvalue weighted by atomic mass is 32.2. The molecule has 1 spiro atoms. The number of amides is 1. The number of hydrogen-bond acceptors (Lipinski definition) is 5. The van der Waals surface area contributed by atoms with E-state index in [1.807, 2.05) is 41.5 Å². The van der Waals surface area contributed by atoms with Gasteiger partial charge in [0, 0.05) is 29.9 Å². The minimum absolute atomic E-state index is 0.220. The van der Waals surface area contributed by atoms with Gasteiger partial charge in [-0.15, -0.1) is 4.72 Å². The maximum Gasteiger partial charge on any atom is 0.410 e.